The van der Waals surface area contributed by atoms with Gasteiger partial charge in [-0.15, -0.1) is 0 Å². The average molecular weight is 231 g/mol. The number of nitrogens with zero attached hydrogens (tertiary/aromatic N) is 2. The Morgan fingerprint density at radius 2 is 2.27 bits per heavy atom. The molecular formula is C9H17N3O2S. The normalized spacial score (nSPS) is 14.0. The van der Waals surface area contributed by atoms with Crippen LogP contribution in [0.1, 0.15) is 6.92 Å². The summed E-state index contributed by atoms with van der Waals surface area (Å²) in [4.78, 5) is 3.92. The first-order chi connectivity index (χ1) is 6.97. The molecule has 15 heavy (non-hydrogen) atoms. The Morgan fingerprint density at radius 3 is 2.80 bits per heavy atom. The first kappa shape index (κ1) is 12.2. The first-order valence-corrected chi connectivity index (χ1v) is 6.90. The minimum Gasteiger partial charge on any atom is -0.336 e. The quantitative estimate of drug-likeness (QED) is 0.743. The number of aromatic nitrogens is 2. The highest BCUT2D eigenvalue weighted by Gasteiger charge is 2.08. The van der Waals surface area contributed by atoms with Crippen molar-refractivity contribution in [1.82, 2.24) is 14.9 Å². The molecule has 6 heteroatoms. The SMILES string of the molecule is CC(CS(C)(=O)=O)NCCn1ccnc1. The van der Waals surface area contributed by atoms with Crippen molar-refractivity contribution in [2.75, 3.05) is 18.6 Å². The lowest BCUT2D eigenvalue weighted by Crippen LogP contribution is -2.34. The van der Waals surface area contributed by atoms with Crippen molar-refractivity contribution in [1.29, 1.82) is 0 Å². The molecule has 0 saturated heterocycles. The maximum atomic E-state index is 11.0. The minimum absolute atomic E-state index is 0.0106. The van der Waals surface area contributed by atoms with Crippen LogP contribution in [0.25, 0.3) is 0 Å². The summed E-state index contributed by atoms with van der Waals surface area (Å²) in [5, 5.41) is 3.15. The van der Waals surface area contributed by atoms with Gasteiger partial charge < -0.3 is 9.88 Å². The Morgan fingerprint density at radius 1 is 1.53 bits per heavy atom. The summed E-state index contributed by atoms with van der Waals surface area (Å²) < 4.78 is 23.9. The monoisotopic (exact) mass is 231 g/mol. The second-order valence-electron chi connectivity index (χ2n) is 3.75. The molecule has 0 saturated carbocycles. The third kappa shape index (κ3) is 5.54. The molecule has 0 amide bonds. The van der Waals surface area contributed by atoms with Crippen molar-refractivity contribution in [3.63, 3.8) is 0 Å². The van der Waals surface area contributed by atoms with Crippen molar-refractivity contribution in [3.05, 3.63) is 18.7 Å². The van der Waals surface area contributed by atoms with Crippen LogP contribution in [0.3, 0.4) is 0 Å². The van der Waals surface area contributed by atoms with E-state index < -0.39 is 9.84 Å². The van der Waals surface area contributed by atoms with E-state index in [1.165, 1.54) is 6.26 Å². The van der Waals surface area contributed by atoms with Gasteiger partial charge in [0.05, 0.1) is 12.1 Å². The standard InChI is InChI=1S/C9H17N3O2S/c1-9(7-15(2,13)14)11-4-6-12-5-3-10-8-12/h3,5,8-9,11H,4,6-7H2,1-2H3. The van der Waals surface area contributed by atoms with E-state index in [0.29, 0.717) is 0 Å². The van der Waals surface area contributed by atoms with Gasteiger partial charge in [-0.3, -0.25) is 0 Å². The minimum atomic E-state index is -2.89. The van der Waals surface area contributed by atoms with E-state index in [-0.39, 0.29) is 11.8 Å². The number of hydrogen-bond acceptors (Lipinski definition) is 4. The van der Waals surface area contributed by atoms with Crippen molar-refractivity contribution in [2.45, 2.75) is 19.5 Å². The summed E-state index contributed by atoms with van der Waals surface area (Å²) in [6, 6.07) is -0.0106. The van der Waals surface area contributed by atoms with E-state index in [4.69, 9.17) is 0 Å². The average Bonchev–Trinajstić information content (AvgIpc) is 2.53. The van der Waals surface area contributed by atoms with Crippen LogP contribution in [0.15, 0.2) is 18.7 Å². The fourth-order valence-corrected chi connectivity index (χ4v) is 2.40. The van der Waals surface area contributed by atoms with Crippen LogP contribution in [0.2, 0.25) is 0 Å². The fraction of sp³-hybridized carbons (Fsp3) is 0.667. The molecule has 1 N–H and O–H groups in total. The molecule has 1 unspecified atom stereocenters. The van der Waals surface area contributed by atoms with Crippen LogP contribution in [0.5, 0.6) is 0 Å². The van der Waals surface area contributed by atoms with Crippen LogP contribution in [0, 0.1) is 0 Å². The number of rotatable bonds is 6. The third-order valence-corrected chi connectivity index (χ3v) is 3.08. The lowest BCUT2D eigenvalue weighted by molar-refractivity contribution is 0.531. The van der Waals surface area contributed by atoms with Crippen molar-refractivity contribution >= 4 is 9.84 Å². The number of nitrogens with one attached hydrogen (secondary N) is 1. The molecule has 0 aromatic carbocycles. The van der Waals surface area contributed by atoms with Crippen LogP contribution in [-0.2, 0) is 16.4 Å². The molecule has 1 aromatic heterocycles. The molecule has 0 aliphatic rings. The maximum absolute atomic E-state index is 11.0. The van der Waals surface area contributed by atoms with Gasteiger partial charge >= 0.3 is 0 Å². The van der Waals surface area contributed by atoms with Gasteiger partial charge in [-0.25, -0.2) is 13.4 Å². The summed E-state index contributed by atoms with van der Waals surface area (Å²) in [6.45, 7) is 3.41. The number of sulfone groups is 1. The van der Waals surface area contributed by atoms with E-state index in [2.05, 4.69) is 10.3 Å². The Kier molecular flexibility index (Phi) is 4.28. The van der Waals surface area contributed by atoms with Crippen LogP contribution in [-0.4, -0.2) is 42.6 Å². The van der Waals surface area contributed by atoms with E-state index in [9.17, 15) is 8.42 Å². The van der Waals surface area contributed by atoms with Gasteiger partial charge in [-0.1, -0.05) is 0 Å². The molecule has 0 aliphatic carbocycles. The zero-order valence-corrected chi connectivity index (χ0v) is 9.87. The topological polar surface area (TPSA) is 64.0 Å². The summed E-state index contributed by atoms with van der Waals surface area (Å²) in [7, 11) is -2.89. The smallest absolute Gasteiger partial charge is 0.148 e. The Balaban J connectivity index is 2.20. The fourth-order valence-electron chi connectivity index (χ4n) is 1.37. The molecule has 0 fully saturated rings. The third-order valence-electron chi connectivity index (χ3n) is 1.97. The van der Waals surface area contributed by atoms with Crippen molar-refractivity contribution in [2.24, 2.45) is 0 Å². The summed E-state index contributed by atoms with van der Waals surface area (Å²) >= 11 is 0. The van der Waals surface area contributed by atoms with Crippen LogP contribution in [0.4, 0.5) is 0 Å². The zero-order chi connectivity index (χ0) is 11.3. The molecule has 0 aliphatic heterocycles. The molecule has 0 radical (unpaired) electrons. The van der Waals surface area contributed by atoms with Gasteiger partial charge in [0.2, 0.25) is 0 Å². The molecular weight excluding hydrogens is 214 g/mol. The van der Waals surface area contributed by atoms with Gasteiger partial charge in [-0.2, -0.15) is 0 Å². The van der Waals surface area contributed by atoms with E-state index in [0.717, 1.165) is 13.1 Å². The Hall–Kier alpha value is -0.880. The summed E-state index contributed by atoms with van der Waals surface area (Å²) in [6.07, 6.45) is 6.59. The van der Waals surface area contributed by atoms with E-state index >= 15 is 0 Å². The highest BCUT2D eigenvalue weighted by atomic mass is 32.2. The molecule has 1 aromatic rings. The zero-order valence-electron chi connectivity index (χ0n) is 9.05. The lowest BCUT2D eigenvalue weighted by atomic mass is 10.4. The van der Waals surface area contributed by atoms with Gasteiger partial charge in [-0.05, 0) is 6.92 Å². The second kappa shape index (κ2) is 5.27. The van der Waals surface area contributed by atoms with Crippen LogP contribution < -0.4 is 5.32 Å². The molecule has 86 valence electrons. The number of hydrogen-bond donors (Lipinski definition) is 1. The predicted octanol–water partition coefficient (Wildman–Crippen LogP) is -0.0942. The Labute approximate surface area is 90.4 Å². The van der Waals surface area contributed by atoms with Crippen molar-refractivity contribution < 1.29 is 8.42 Å². The maximum Gasteiger partial charge on any atom is 0.148 e. The predicted molar refractivity (Wildman–Crippen MR) is 59.4 cm³/mol. The highest BCUT2D eigenvalue weighted by molar-refractivity contribution is 7.90. The first-order valence-electron chi connectivity index (χ1n) is 4.84. The van der Waals surface area contributed by atoms with Crippen LogP contribution >= 0.6 is 0 Å². The van der Waals surface area contributed by atoms with E-state index in [1.807, 2.05) is 17.7 Å². The molecule has 1 rings (SSSR count). The molecule has 1 atom stereocenters. The summed E-state index contributed by atoms with van der Waals surface area (Å²) in [5.74, 6) is 0.178. The van der Waals surface area contributed by atoms with Gasteiger partial charge in [0.1, 0.15) is 9.84 Å². The van der Waals surface area contributed by atoms with Gasteiger partial charge in [0.25, 0.3) is 0 Å². The summed E-state index contributed by atoms with van der Waals surface area (Å²) in [5.41, 5.74) is 0. The van der Waals surface area contributed by atoms with Gasteiger partial charge in [0.15, 0.2) is 0 Å². The number of imidazole rings is 1. The molecule has 0 spiro atoms. The lowest BCUT2D eigenvalue weighted by Gasteiger charge is -2.12. The second-order valence-corrected chi connectivity index (χ2v) is 5.93. The Bertz CT molecular complexity index is 372. The van der Waals surface area contributed by atoms with Gasteiger partial charge in [0, 0.05) is 37.8 Å². The molecule has 5 nitrogen and oxygen atoms in total. The van der Waals surface area contributed by atoms with Crippen molar-refractivity contribution in [3.8, 4) is 0 Å². The molecule has 0 bridgehead atoms. The molecule has 1 heterocycles. The van der Waals surface area contributed by atoms with E-state index in [1.54, 1.807) is 12.5 Å². The highest BCUT2D eigenvalue weighted by Crippen LogP contribution is 1.90. The largest absolute Gasteiger partial charge is 0.336 e.